The molecule has 0 fully saturated rings. The monoisotopic (exact) mass is 357 g/mol. The maximum Gasteiger partial charge on any atom is 0.291 e. The van der Waals surface area contributed by atoms with Crippen molar-refractivity contribution in [3.05, 3.63) is 52.2 Å². The van der Waals surface area contributed by atoms with Crippen LogP contribution >= 0.6 is 11.6 Å². The van der Waals surface area contributed by atoms with E-state index in [0.717, 1.165) is 16.5 Å². The molecule has 3 aromatic rings. The molecule has 2 aromatic carbocycles. The molecule has 0 spiro atoms. The first-order valence-electron chi connectivity index (χ1n) is 7.94. The number of carbonyl (C=O) groups excluding carboxylic acids is 1. The Morgan fingerprint density at radius 3 is 2.80 bits per heavy atom. The molecule has 4 rings (SSSR count). The van der Waals surface area contributed by atoms with Gasteiger partial charge >= 0.3 is 0 Å². The number of halogens is 1. The summed E-state index contributed by atoms with van der Waals surface area (Å²) >= 11 is 6.18. The third-order valence-corrected chi connectivity index (χ3v) is 4.65. The minimum atomic E-state index is -0.343. The minimum absolute atomic E-state index is 0.256. The number of anilines is 1. The van der Waals surface area contributed by atoms with E-state index in [1.807, 2.05) is 26.0 Å². The summed E-state index contributed by atoms with van der Waals surface area (Å²) in [5.74, 6) is 1.07. The highest BCUT2D eigenvalue weighted by Crippen LogP contribution is 2.38. The van der Waals surface area contributed by atoms with Crippen LogP contribution in [0.2, 0.25) is 5.02 Å². The number of hydrogen-bond acceptors (Lipinski definition) is 4. The van der Waals surface area contributed by atoms with Crippen LogP contribution in [0.3, 0.4) is 0 Å². The van der Waals surface area contributed by atoms with Gasteiger partial charge in [-0.1, -0.05) is 17.7 Å². The second kappa shape index (κ2) is 6.01. The first kappa shape index (κ1) is 15.8. The Bertz CT molecular complexity index is 993. The zero-order chi connectivity index (χ0) is 17.6. The number of para-hydroxylation sites is 1. The summed E-state index contributed by atoms with van der Waals surface area (Å²) in [6, 6.07) is 9.04. The van der Waals surface area contributed by atoms with Gasteiger partial charge in [-0.05, 0) is 43.7 Å². The van der Waals surface area contributed by atoms with Crippen molar-refractivity contribution in [3.8, 4) is 11.5 Å². The Kier molecular flexibility index (Phi) is 3.81. The molecule has 0 radical (unpaired) electrons. The molecule has 0 aliphatic carbocycles. The lowest BCUT2D eigenvalue weighted by atomic mass is 10.1. The lowest BCUT2D eigenvalue weighted by molar-refractivity contribution is 0.0996. The van der Waals surface area contributed by atoms with Crippen molar-refractivity contribution in [2.45, 2.75) is 13.8 Å². The maximum absolute atomic E-state index is 12.7. The van der Waals surface area contributed by atoms with Crippen LogP contribution in [0.15, 0.2) is 34.7 Å². The molecule has 25 heavy (non-hydrogen) atoms. The molecule has 2 heterocycles. The lowest BCUT2D eigenvalue weighted by Gasteiger charge is -2.20. The van der Waals surface area contributed by atoms with Crippen molar-refractivity contribution in [2.24, 2.45) is 0 Å². The molecule has 0 saturated heterocycles. The standard InChI is InChI=1S/C19H16ClNO4/c1-10-8-16-12(9-13(10)20)11(2)17(25-16)19(22)21-14-4-3-5-15-18(14)24-7-6-23-15/h3-5,8-9H,6-7H2,1-2H3,(H,21,22). The van der Waals surface area contributed by atoms with Crippen LogP contribution in [0.5, 0.6) is 11.5 Å². The van der Waals surface area contributed by atoms with E-state index in [4.69, 9.17) is 25.5 Å². The molecule has 0 unspecified atom stereocenters. The number of carbonyl (C=O) groups is 1. The molecule has 1 aromatic heterocycles. The molecule has 0 atom stereocenters. The molecule has 5 nitrogen and oxygen atoms in total. The number of hydrogen-bond donors (Lipinski definition) is 1. The Labute approximate surface area is 149 Å². The van der Waals surface area contributed by atoms with E-state index in [-0.39, 0.29) is 11.7 Å². The highest BCUT2D eigenvalue weighted by atomic mass is 35.5. The Morgan fingerprint density at radius 1 is 1.16 bits per heavy atom. The zero-order valence-corrected chi connectivity index (χ0v) is 14.6. The van der Waals surface area contributed by atoms with Gasteiger partial charge in [0.1, 0.15) is 18.8 Å². The second-order valence-electron chi connectivity index (χ2n) is 5.94. The first-order chi connectivity index (χ1) is 12.0. The van der Waals surface area contributed by atoms with Crippen molar-refractivity contribution >= 4 is 34.2 Å². The number of ether oxygens (including phenoxy) is 2. The van der Waals surface area contributed by atoms with E-state index in [2.05, 4.69) is 5.32 Å². The number of benzene rings is 2. The Hall–Kier alpha value is -2.66. The highest BCUT2D eigenvalue weighted by Gasteiger charge is 2.22. The molecule has 1 aliphatic rings. The van der Waals surface area contributed by atoms with E-state index in [1.165, 1.54) is 0 Å². The van der Waals surface area contributed by atoms with Gasteiger partial charge < -0.3 is 19.2 Å². The van der Waals surface area contributed by atoms with Crippen molar-refractivity contribution in [1.82, 2.24) is 0 Å². The maximum atomic E-state index is 12.7. The van der Waals surface area contributed by atoms with Crippen molar-refractivity contribution in [1.29, 1.82) is 0 Å². The van der Waals surface area contributed by atoms with E-state index in [1.54, 1.807) is 18.2 Å². The summed E-state index contributed by atoms with van der Waals surface area (Å²) in [5.41, 5.74) is 2.84. The van der Waals surface area contributed by atoms with Gasteiger partial charge in [-0.15, -0.1) is 0 Å². The number of rotatable bonds is 2. The molecular formula is C19H16ClNO4. The SMILES string of the molecule is Cc1cc2oc(C(=O)Nc3cccc4c3OCCO4)c(C)c2cc1Cl. The van der Waals surface area contributed by atoms with Gasteiger partial charge in [0, 0.05) is 16.0 Å². The van der Waals surface area contributed by atoms with Gasteiger partial charge in [0.05, 0.1) is 5.69 Å². The summed E-state index contributed by atoms with van der Waals surface area (Å²) in [5, 5.41) is 4.32. The summed E-state index contributed by atoms with van der Waals surface area (Å²) in [6.07, 6.45) is 0. The summed E-state index contributed by atoms with van der Waals surface area (Å²) in [4.78, 5) is 12.7. The molecule has 1 aliphatic heterocycles. The number of amides is 1. The average Bonchev–Trinajstić information content (AvgIpc) is 2.92. The highest BCUT2D eigenvalue weighted by molar-refractivity contribution is 6.32. The topological polar surface area (TPSA) is 60.7 Å². The quantitative estimate of drug-likeness (QED) is 0.720. The van der Waals surface area contributed by atoms with Crippen LogP contribution in [0.1, 0.15) is 21.7 Å². The second-order valence-corrected chi connectivity index (χ2v) is 6.34. The van der Waals surface area contributed by atoms with E-state index >= 15 is 0 Å². The van der Waals surface area contributed by atoms with Gasteiger partial charge in [-0.25, -0.2) is 0 Å². The van der Waals surface area contributed by atoms with Crippen molar-refractivity contribution in [3.63, 3.8) is 0 Å². The number of aryl methyl sites for hydroxylation is 2. The van der Waals surface area contributed by atoms with Gasteiger partial charge in [-0.2, -0.15) is 0 Å². The third-order valence-electron chi connectivity index (χ3n) is 4.24. The van der Waals surface area contributed by atoms with Crippen LogP contribution in [-0.4, -0.2) is 19.1 Å². The van der Waals surface area contributed by atoms with E-state index < -0.39 is 0 Å². The minimum Gasteiger partial charge on any atom is -0.486 e. The molecule has 0 saturated carbocycles. The summed E-state index contributed by atoms with van der Waals surface area (Å²) < 4.78 is 16.9. The summed E-state index contributed by atoms with van der Waals surface area (Å²) in [6.45, 7) is 4.67. The Balaban J connectivity index is 1.70. The van der Waals surface area contributed by atoms with Gasteiger partial charge in [0.25, 0.3) is 5.91 Å². The van der Waals surface area contributed by atoms with Crippen molar-refractivity contribution < 1.29 is 18.7 Å². The fourth-order valence-electron chi connectivity index (χ4n) is 2.91. The first-order valence-corrected chi connectivity index (χ1v) is 8.31. The lowest BCUT2D eigenvalue weighted by Crippen LogP contribution is -2.18. The largest absolute Gasteiger partial charge is 0.486 e. The molecule has 128 valence electrons. The van der Waals surface area contributed by atoms with Crippen LogP contribution in [-0.2, 0) is 0 Å². The van der Waals surface area contributed by atoms with Gasteiger partial charge in [0.2, 0.25) is 0 Å². The van der Waals surface area contributed by atoms with Crippen molar-refractivity contribution in [2.75, 3.05) is 18.5 Å². The predicted molar refractivity (Wildman–Crippen MR) is 96.1 cm³/mol. The van der Waals surface area contributed by atoms with Gasteiger partial charge in [0.15, 0.2) is 17.3 Å². The Morgan fingerprint density at radius 2 is 1.96 bits per heavy atom. The normalized spacial score (nSPS) is 13.1. The van der Waals surface area contributed by atoms with E-state index in [9.17, 15) is 4.79 Å². The fraction of sp³-hybridized carbons (Fsp3) is 0.211. The fourth-order valence-corrected chi connectivity index (χ4v) is 3.07. The van der Waals surface area contributed by atoms with Gasteiger partial charge in [-0.3, -0.25) is 4.79 Å². The number of furan rings is 1. The van der Waals surface area contributed by atoms with E-state index in [0.29, 0.717) is 41.0 Å². The molecule has 1 amide bonds. The average molecular weight is 358 g/mol. The molecular weight excluding hydrogens is 342 g/mol. The number of nitrogens with one attached hydrogen (secondary N) is 1. The predicted octanol–water partition coefficient (Wildman–Crippen LogP) is 4.73. The molecule has 0 bridgehead atoms. The van der Waals surface area contributed by atoms with Crippen LogP contribution in [0, 0.1) is 13.8 Å². The number of fused-ring (bicyclic) bond motifs is 2. The molecule has 6 heteroatoms. The summed E-state index contributed by atoms with van der Waals surface area (Å²) in [7, 11) is 0. The van der Waals surface area contributed by atoms with Crippen LogP contribution in [0.25, 0.3) is 11.0 Å². The third kappa shape index (κ3) is 2.70. The zero-order valence-electron chi connectivity index (χ0n) is 13.8. The molecule has 1 N–H and O–H groups in total. The van der Waals surface area contributed by atoms with Crippen LogP contribution in [0.4, 0.5) is 5.69 Å². The smallest absolute Gasteiger partial charge is 0.291 e. The van der Waals surface area contributed by atoms with Crippen LogP contribution < -0.4 is 14.8 Å².